The van der Waals surface area contributed by atoms with E-state index in [1.54, 1.807) is 7.05 Å². The second-order valence-electron chi connectivity index (χ2n) is 7.77. The Morgan fingerprint density at radius 2 is 1.28 bits per heavy atom. The summed E-state index contributed by atoms with van der Waals surface area (Å²) >= 11 is 0. The normalized spacial score (nSPS) is 12.0. The third kappa shape index (κ3) is 25.4. The van der Waals surface area contributed by atoms with Crippen molar-refractivity contribution in [2.45, 2.75) is 68.2 Å². The Bertz CT molecular complexity index is 181. The molecule has 0 aromatic carbocycles. The van der Waals surface area contributed by atoms with Crippen molar-refractivity contribution in [3.63, 3.8) is 0 Å². The minimum absolute atomic E-state index is 0. The smallest absolute Gasteiger partial charge is 0.0286 e. The van der Waals surface area contributed by atoms with Gasteiger partial charge in [-0.25, -0.2) is 0 Å². The van der Waals surface area contributed by atoms with Crippen LogP contribution in [0.3, 0.4) is 0 Å². The average molecular weight is 296 g/mol. The molecule has 0 spiro atoms. The van der Waals surface area contributed by atoms with Crippen molar-refractivity contribution in [2.75, 3.05) is 13.6 Å². The topological polar surface area (TPSA) is 23.5 Å². The van der Waals surface area contributed by atoms with Gasteiger partial charge in [-0.1, -0.05) is 55.4 Å². The molecule has 1 radical (unpaired) electrons. The minimum Gasteiger partial charge on any atom is -0.314 e. The van der Waals surface area contributed by atoms with Crippen molar-refractivity contribution in [1.82, 2.24) is 5.06 Å². The van der Waals surface area contributed by atoms with Crippen molar-refractivity contribution < 1.29 is 23.8 Å². The fourth-order valence-corrected chi connectivity index (χ4v) is 1.41. The molecular formula is C15H35NOV. The number of nitrogens with zero attached hydrogens (tertiary/aromatic N) is 1. The van der Waals surface area contributed by atoms with Gasteiger partial charge in [0.15, 0.2) is 0 Å². The van der Waals surface area contributed by atoms with E-state index < -0.39 is 0 Å². The standard InChI is InChI=1S/C11H25NO.C4H10.V/c1-10(2,3)7-8-11(4,5)9-12(6)13;1-4(2)3;/h13H,7-9H2,1-6H3;4H,1-3H3;. The first-order chi connectivity index (χ1) is 7.36. The summed E-state index contributed by atoms with van der Waals surface area (Å²) < 4.78 is 0. The quantitative estimate of drug-likeness (QED) is 0.752. The SMILES string of the molecule is CC(C)C.CN(O)CC(C)(C)CCC(C)(C)C.[V]. The van der Waals surface area contributed by atoms with E-state index in [0.29, 0.717) is 5.41 Å². The maximum atomic E-state index is 9.15. The number of hydroxylamine groups is 2. The number of rotatable bonds is 4. The Hall–Kier alpha value is 0.504. The van der Waals surface area contributed by atoms with E-state index in [-0.39, 0.29) is 24.0 Å². The van der Waals surface area contributed by atoms with Gasteiger partial charge < -0.3 is 5.21 Å². The number of hydrogen-bond donors (Lipinski definition) is 1. The summed E-state index contributed by atoms with van der Waals surface area (Å²) in [6.45, 7) is 18.4. The van der Waals surface area contributed by atoms with Crippen LogP contribution in [0.4, 0.5) is 0 Å². The maximum Gasteiger partial charge on any atom is 0.0286 e. The molecule has 0 aliphatic heterocycles. The first-order valence-electron chi connectivity index (χ1n) is 6.76. The zero-order valence-corrected chi connectivity index (χ0v) is 15.4. The molecule has 3 heteroatoms. The summed E-state index contributed by atoms with van der Waals surface area (Å²) in [5.41, 5.74) is 0.599. The predicted molar refractivity (Wildman–Crippen MR) is 77.4 cm³/mol. The molecule has 0 aromatic heterocycles. The van der Waals surface area contributed by atoms with Gasteiger partial charge in [-0.05, 0) is 29.6 Å². The van der Waals surface area contributed by atoms with Gasteiger partial charge in [-0.2, -0.15) is 5.06 Å². The molecule has 18 heavy (non-hydrogen) atoms. The first kappa shape index (κ1) is 23.6. The molecule has 0 aliphatic carbocycles. The second kappa shape index (κ2) is 10.3. The minimum atomic E-state index is 0. The summed E-state index contributed by atoms with van der Waals surface area (Å²) in [5, 5.41) is 10.4. The van der Waals surface area contributed by atoms with E-state index >= 15 is 0 Å². The van der Waals surface area contributed by atoms with Crippen molar-refractivity contribution >= 4 is 0 Å². The van der Waals surface area contributed by atoms with Crippen molar-refractivity contribution in [3.8, 4) is 0 Å². The van der Waals surface area contributed by atoms with Crippen LogP contribution in [0.2, 0.25) is 0 Å². The van der Waals surface area contributed by atoms with E-state index in [0.717, 1.165) is 18.9 Å². The molecule has 0 unspecified atom stereocenters. The van der Waals surface area contributed by atoms with Gasteiger partial charge >= 0.3 is 0 Å². The Labute approximate surface area is 127 Å². The molecule has 0 bridgehead atoms. The van der Waals surface area contributed by atoms with Crippen LogP contribution in [0, 0.1) is 16.7 Å². The van der Waals surface area contributed by atoms with E-state index in [4.69, 9.17) is 5.21 Å². The molecule has 0 fully saturated rings. The summed E-state index contributed by atoms with van der Waals surface area (Å²) in [7, 11) is 1.71. The van der Waals surface area contributed by atoms with Gasteiger partial charge in [0.1, 0.15) is 0 Å². The zero-order valence-electron chi connectivity index (χ0n) is 14.0. The predicted octanol–water partition coefficient (Wildman–Crippen LogP) is 4.82. The van der Waals surface area contributed by atoms with E-state index in [2.05, 4.69) is 55.4 Å². The van der Waals surface area contributed by atoms with Gasteiger partial charge in [0, 0.05) is 32.1 Å². The molecule has 0 aliphatic rings. The van der Waals surface area contributed by atoms with E-state index in [1.807, 2.05) is 0 Å². The third-order valence-electron chi connectivity index (χ3n) is 2.21. The van der Waals surface area contributed by atoms with Crippen LogP contribution in [0.25, 0.3) is 0 Å². The van der Waals surface area contributed by atoms with Crippen LogP contribution in [-0.2, 0) is 18.6 Å². The van der Waals surface area contributed by atoms with Crippen LogP contribution in [0.1, 0.15) is 68.2 Å². The van der Waals surface area contributed by atoms with Crippen LogP contribution in [-0.4, -0.2) is 23.9 Å². The maximum absolute atomic E-state index is 9.15. The van der Waals surface area contributed by atoms with Gasteiger partial charge in [0.05, 0.1) is 0 Å². The molecule has 0 saturated heterocycles. The fraction of sp³-hybridized carbons (Fsp3) is 1.00. The summed E-state index contributed by atoms with van der Waals surface area (Å²) in [4.78, 5) is 0. The monoisotopic (exact) mass is 296 g/mol. The Morgan fingerprint density at radius 3 is 1.50 bits per heavy atom. The van der Waals surface area contributed by atoms with Gasteiger partial charge in [0.25, 0.3) is 0 Å². The van der Waals surface area contributed by atoms with Crippen LogP contribution in [0.15, 0.2) is 0 Å². The van der Waals surface area contributed by atoms with Crippen LogP contribution >= 0.6 is 0 Å². The molecule has 1 N–H and O–H groups in total. The first-order valence-corrected chi connectivity index (χ1v) is 6.76. The zero-order chi connectivity index (χ0) is 14.3. The second-order valence-corrected chi connectivity index (χ2v) is 7.77. The summed E-state index contributed by atoms with van der Waals surface area (Å²) in [5.74, 6) is 0.833. The molecular weight excluding hydrogens is 261 g/mol. The summed E-state index contributed by atoms with van der Waals surface area (Å²) in [6.07, 6.45) is 2.36. The van der Waals surface area contributed by atoms with Crippen LogP contribution in [0.5, 0.6) is 0 Å². The van der Waals surface area contributed by atoms with Gasteiger partial charge in [-0.3, -0.25) is 0 Å². The third-order valence-corrected chi connectivity index (χ3v) is 2.21. The van der Waals surface area contributed by atoms with Crippen molar-refractivity contribution in [3.05, 3.63) is 0 Å². The van der Waals surface area contributed by atoms with Gasteiger partial charge in [-0.15, -0.1) is 0 Å². The largest absolute Gasteiger partial charge is 0.314 e. The molecule has 0 amide bonds. The molecule has 111 valence electrons. The molecule has 0 heterocycles. The van der Waals surface area contributed by atoms with Gasteiger partial charge in [0.2, 0.25) is 0 Å². The Balaban J connectivity index is -0.000000392. The molecule has 2 nitrogen and oxygen atoms in total. The van der Waals surface area contributed by atoms with E-state index in [1.165, 1.54) is 11.5 Å². The number of hydrogen-bond acceptors (Lipinski definition) is 2. The molecule has 0 saturated carbocycles. The van der Waals surface area contributed by atoms with E-state index in [9.17, 15) is 0 Å². The fourth-order valence-electron chi connectivity index (χ4n) is 1.41. The Kier molecular flexibility index (Phi) is 13.5. The molecule has 0 aromatic rings. The Morgan fingerprint density at radius 1 is 0.944 bits per heavy atom. The molecule has 0 rings (SSSR count). The van der Waals surface area contributed by atoms with Crippen molar-refractivity contribution in [1.29, 1.82) is 0 Å². The summed E-state index contributed by atoms with van der Waals surface area (Å²) in [6, 6.07) is 0. The molecule has 0 atom stereocenters. The van der Waals surface area contributed by atoms with Crippen molar-refractivity contribution in [2.24, 2.45) is 16.7 Å². The average Bonchev–Trinajstić information content (AvgIpc) is 1.96. The van der Waals surface area contributed by atoms with Crippen LogP contribution < -0.4 is 0 Å².